The number of aliphatic imine (C=N–C) groups is 2. The lowest BCUT2D eigenvalue weighted by Gasteiger charge is -2.31. The molecule has 4 aromatic rings. The highest BCUT2D eigenvalue weighted by Crippen LogP contribution is 2.51. The third-order valence-corrected chi connectivity index (χ3v) is 28.8. The fourth-order valence-corrected chi connectivity index (χ4v) is 26.6. The molecule has 4 aromatic carbocycles. The molecule has 0 spiro atoms. The Labute approximate surface area is 447 Å². The molecule has 23 heteroatoms. The zero-order valence-corrected chi connectivity index (χ0v) is 47.3. The summed E-state index contributed by atoms with van der Waals surface area (Å²) in [4.78, 5) is 20.6. The van der Waals surface area contributed by atoms with Gasteiger partial charge in [-0.05, 0) is 172 Å². The number of rotatable bonds is 7. The molecule has 4 aliphatic rings. The van der Waals surface area contributed by atoms with E-state index in [-0.39, 0.29) is 68.6 Å². The Morgan fingerprint density at radius 3 is 1.67 bits per heavy atom. The number of nitrogens with one attached hydrogen (secondary N) is 1. The van der Waals surface area contributed by atoms with Gasteiger partial charge in [0.05, 0.1) is 19.1 Å². The minimum Gasteiger partial charge on any atom is -0.349 e. The molecular weight excluding hydrogens is 1300 g/mol. The number of amides is 1. The number of nitrogens with zero attached hydrogens (tertiary/aromatic N) is 2. The number of carbonyl (C=O) groups excluding carboxylic acids is 1. The quantitative estimate of drug-likeness (QED) is 0.110. The highest BCUT2D eigenvalue weighted by atomic mass is 127. The SMILES string of the molecule is CCCC(=O)NC1CCc2cc(C3=NCC(c4cc(Cl)cc(Cl)c4)(C(F)(F)F)C3)ccc21.NC1CCc2cc(C3=NCC(c4cc(Cl)cc(Cl)c4)(C(F)(F)F)C3)ccc21.S=S=S=S=S=S(I)I. The van der Waals surface area contributed by atoms with Crippen LogP contribution in [0, 0.1) is 0 Å². The van der Waals surface area contributed by atoms with Gasteiger partial charge in [0.25, 0.3) is 0 Å². The molecular formula is C44H40Cl4F6I2N4OS6. The lowest BCUT2D eigenvalue weighted by atomic mass is 9.76. The fraction of sp³-hybridized carbons (Fsp3) is 0.386. The fourth-order valence-electron chi connectivity index (χ4n) is 8.71. The van der Waals surface area contributed by atoms with Crippen LogP contribution in [0.1, 0.15) is 102 Å². The Bertz CT molecular complexity index is 2770. The Morgan fingerprint density at radius 1 is 0.761 bits per heavy atom. The van der Waals surface area contributed by atoms with Crippen molar-refractivity contribution in [3.63, 3.8) is 0 Å². The van der Waals surface area contributed by atoms with Crippen molar-refractivity contribution in [2.75, 3.05) is 13.1 Å². The highest BCUT2D eigenvalue weighted by Gasteiger charge is 2.59. The normalized spacial score (nSPS) is 21.8. The van der Waals surface area contributed by atoms with Gasteiger partial charge in [-0.2, -0.15) is 26.3 Å². The van der Waals surface area contributed by atoms with Gasteiger partial charge < -0.3 is 11.1 Å². The number of fused-ring (bicyclic) bond motifs is 2. The summed E-state index contributed by atoms with van der Waals surface area (Å²) in [5.74, 6) is 0.0183. The maximum absolute atomic E-state index is 14.3. The van der Waals surface area contributed by atoms with Gasteiger partial charge in [-0.25, -0.2) is 0 Å². The molecule has 3 N–H and O–H groups in total. The molecule has 4 atom stereocenters. The van der Waals surface area contributed by atoms with Crippen LogP contribution in [0.2, 0.25) is 20.1 Å². The van der Waals surface area contributed by atoms with Crippen LogP contribution in [0.5, 0.6) is 0 Å². The molecule has 8 rings (SSSR count). The van der Waals surface area contributed by atoms with Crippen LogP contribution >= 0.6 is 88.8 Å². The molecule has 0 radical (unpaired) electrons. The van der Waals surface area contributed by atoms with Gasteiger partial charge in [0, 0.05) is 103 Å². The zero-order valence-electron chi connectivity index (χ0n) is 35.0. The second-order valence-corrected chi connectivity index (χ2v) is 40.3. The van der Waals surface area contributed by atoms with Crippen LogP contribution < -0.4 is 11.1 Å². The average Bonchev–Trinajstić information content (AvgIpc) is 4.06. The summed E-state index contributed by atoms with van der Waals surface area (Å²) in [6, 6.07) is 19.4. The predicted octanol–water partition coefficient (Wildman–Crippen LogP) is 14.0. The summed E-state index contributed by atoms with van der Waals surface area (Å²) in [6.45, 7) is 1.17. The van der Waals surface area contributed by atoms with E-state index in [1.54, 1.807) is 23.8 Å². The molecule has 0 fully saturated rings. The molecule has 0 bridgehead atoms. The van der Waals surface area contributed by atoms with Crippen LogP contribution in [0.25, 0.3) is 0 Å². The van der Waals surface area contributed by atoms with Crippen molar-refractivity contribution in [2.45, 2.75) is 93.6 Å². The van der Waals surface area contributed by atoms with Crippen LogP contribution in [0.4, 0.5) is 26.3 Å². The summed E-state index contributed by atoms with van der Waals surface area (Å²) < 4.78 is 85.8. The van der Waals surface area contributed by atoms with Gasteiger partial charge in [-0.15, -0.1) is 0 Å². The largest absolute Gasteiger partial charge is 0.400 e. The molecule has 2 heterocycles. The Hall–Kier alpha value is -0.700. The molecule has 2 aliphatic carbocycles. The third kappa shape index (κ3) is 13.5. The molecule has 0 saturated heterocycles. The smallest absolute Gasteiger partial charge is 0.349 e. The van der Waals surface area contributed by atoms with Crippen molar-refractivity contribution in [2.24, 2.45) is 15.7 Å². The first kappa shape index (κ1) is 55.6. The lowest BCUT2D eigenvalue weighted by molar-refractivity contribution is -0.184. The summed E-state index contributed by atoms with van der Waals surface area (Å²) in [6.07, 6.45) is -5.00. The van der Waals surface area contributed by atoms with Gasteiger partial charge >= 0.3 is 12.4 Å². The van der Waals surface area contributed by atoms with Gasteiger partial charge in [-0.1, -0.05) is 77.6 Å². The molecule has 0 aromatic heterocycles. The van der Waals surface area contributed by atoms with Crippen LogP contribution in [-0.4, -0.2) is 42.8 Å². The highest BCUT2D eigenvalue weighted by molar-refractivity contribution is 14.3. The maximum atomic E-state index is 14.3. The van der Waals surface area contributed by atoms with Gasteiger partial charge in [0.1, 0.15) is 10.8 Å². The van der Waals surface area contributed by atoms with Crippen molar-refractivity contribution >= 4 is 157 Å². The predicted molar refractivity (Wildman–Crippen MR) is 295 cm³/mol. The number of carbonyl (C=O) groups is 1. The van der Waals surface area contributed by atoms with Crippen molar-refractivity contribution in [3.8, 4) is 0 Å². The topological polar surface area (TPSA) is 79.8 Å². The second-order valence-electron chi connectivity index (χ2n) is 16.2. The Balaban J connectivity index is 0.000000192. The first-order chi connectivity index (χ1) is 31.6. The standard InChI is InChI=1S/C24H23Cl2F3N2O.C20H17Cl2F3N2.I2S6/c1-2-3-22(32)31-20-7-5-14-8-15(4-6-19(14)20)21-12-23(13-30-21,24(27,28)29)16-9-17(25)11-18(26)10-16;21-14-6-13(7-15(22)8-14)19(20(23,24)25)9-18(27-10-19)12-1-3-16-11(5-12)2-4-17(16)26;1-8(2)7-6-5-4-3/h4,6,8-11,20H,2-3,5,7,12-13H2,1H3,(H,31,32);1,3,5-8,17H,2,4,9-10,26H2;. The first-order valence-electron chi connectivity index (χ1n) is 20.4. The minimum absolute atomic E-state index is 0.00225. The number of aryl methyl sites for hydroxylation is 2. The summed E-state index contributed by atoms with van der Waals surface area (Å²) in [5, 5.41) is 3.74. The summed E-state index contributed by atoms with van der Waals surface area (Å²) >= 11 is 33.4. The van der Waals surface area contributed by atoms with E-state index in [9.17, 15) is 31.1 Å². The average molecular weight is 1340 g/mol. The van der Waals surface area contributed by atoms with Crippen LogP contribution in [0.3, 0.4) is 0 Å². The van der Waals surface area contributed by atoms with Crippen molar-refractivity contribution in [1.82, 2.24) is 5.32 Å². The zero-order chi connectivity index (χ0) is 48.9. The number of alkyl halides is 6. The van der Waals surface area contributed by atoms with Crippen LogP contribution in [0.15, 0.2) is 82.8 Å². The summed E-state index contributed by atoms with van der Waals surface area (Å²) in [5.41, 5.74) is 8.36. The number of hydrogen-bond donors (Lipinski definition) is 2. The molecule has 1 amide bonds. The Morgan fingerprint density at radius 2 is 1.22 bits per heavy atom. The summed E-state index contributed by atoms with van der Waals surface area (Å²) in [7, 11) is 6.63. The van der Waals surface area contributed by atoms with E-state index in [0.717, 1.165) is 59.9 Å². The van der Waals surface area contributed by atoms with Gasteiger partial charge in [0.15, 0.2) is 0 Å². The maximum Gasteiger partial charge on any atom is 0.400 e. The molecule has 0 saturated carbocycles. The monoisotopic (exact) mass is 1340 g/mol. The van der Waals surface area contributed by atoms with Crippen molar-refractivity contribution in [1.29, 1.82) is 0 Å². The molecule has 4 unspecified atom stereocenters. The number of halogens is 12. The number of hydrogen-bond acceptors (Lipinski definition) is 5. The van der Waals surface area contributed by atoms with Crippen molar-refractivity contribution < 1.29 is 31.1 Å². The number of benzene rings is 4. The van der Waals surface area contributed by atoms with Gasteiger partial charge in [-0.3, -0.25) is 14.8 Å². The molecule has 362 valence electrons. The molecule has 67 heavy (non-hydrogen) atoms. The van der Waals surface area contributed by atoms with E-state index >= 15 is 0 Å². The lowest BCUT2D eigenvalue weighted by Crippen LogP contribution is -2.43. The van der Waals surface area contributed by atoms with E-state index in [0.29, 0.717) is 27.2 Å². The second kappa shape index (κ2) is 23.9. The Kier molecular flexibility index (Phi) is 19.8. The number of nitrogens with two attached hydrogens (primary N) is 1. The third-order valence-electron chi connectivity index (χ3n) is 12.0. The van der Waals surface area contributed by atoms with Gasteiger partial charge in [0.2, 0.25) is 5.91 Å². The first-order valence-corrected chi connectivity index (χ1v) is 34.5. The molecule has 5 nitrogen and oxygen atoms in total. The van der Waals surface area contributed by atoms with E-state index in [2.05, 4.69) is 68.9 Å². The van der Waals surface area contributed by atoms with E-state index < -0.39 is 29.7 Å². The van der Waals surface area contributed by atoms with E-state index in [1.165, 1.54) is 45.3 Å². The minimum atomic E-state index is -4.52. The van der Waals surface area contributed by atoms with E-state index in [1.807, 2.05) is 46.1 Å². The van der Waals surface area contributed by atoms with E-state index in [4.69, 9.17) is 52.1 Å². The molecule has 2 aliphatic heterocycles. The van der Waals surface area contributed by atoms with Crippen molar-refractivity contribution in [3.05, 3.63) is 137 Å². The van der Waals surface area contributed by atoms with Crippen LogP contribution in [-0.2, 0) is 79.0 Å².